The second kappa shape index (κ2) is 8.05. The van der Waals surface area contributed by atoms with Crippen molar-refractivity contribution >= 4 is 0 Å². The van der Waals surface area contributed by atoms with Crippen molar-refractivity contribution in [2.75, 3.05) is 13.1 Å². The molecule has 1 heteroatoms. The SMILES string of the molecule is C=CCCNCC(C)(C)CCCCC. The first-order chi connectivity index (χ1) is 6.62. The standard InChI is InChI=1S/C13H27N/c1-5-7-9-10-13(3,4)12-14-11-8-6-2/h6,14H,2,5,7-12H2,1,3-4H3. The largest absolute Gasteiger partial charge is 0.316 e. The van der Waals surface area contributed by atoms with Crippen LogP contribution in [0.15, 0.2) is 12.7 Å². The van der Waals surface area contributed by atoms with Crippen LogP contribution in [0.3, 0.4) is 0 Å². The lowest BCUT2D eigenvalue weighted by atomic mass is 9.87. The molecule has 0 saturated carbocycles. The van der Waals surface area contributed by atoms with Gasteiger partial charge in [-0.25, -0.2) is 0 Å². The molecule has 14 heavy (non-hydrogen) atoms. The molecule has 1 nitrogen and oxygen atoms in total. The van der Waals surface area contributed by atoms with Gasteiger partial charge in [-0.05, 0) is 24.8 Å². The highest BCUT2D eigenvalue weighted by Crippen LogP contribution is 2.22. The Morgan fingerprint density at radius 1 is 1.29 bits per heavy atom. The highest BCUT2D eigenvalue weighted by molar-refractivity contribution is 4.73. The lowest BCUT2D eigenvalue weighted by Crippen LogP contribution is -2.29. The van der Waals surface area contributed by atoms with Crippen LogP contribution in [-0.2, 0) is 0 Å². The van der Waals surface area contributed by atoms with Crippen LogP contribution in [0, 0.1) is 5.41 Å². The summed E-state index contributed by atoms with van der Waals surface area (Å²) in [5.41, 5.74) is 0.455. The van der Waals surface area contributed by atoms with E-state index in [1.807, 2.05) is 6.08 Å². The summed E-state index contributed by atoms with van der Waals surface area (Å²) in [4.78, 5) is 0. The Morgan fingerprint density at radius 3 is 2.57 bits per heavy atom. The number of unbranched alkanes of at least 4 members (excludes halogenated alkanes) is 2. The van der Waals surface area contributed by atoms with Gasteiger partial charge in [0.05, 0.1) is 0 Å². The quantitative estimate of drug-likeness (QED) is 0.438. The highest BCUT2D eigenvalue weighted by Gasteiger charge is 2.15. The van der Waals surface area contributed by atoms with Crippen LogP contribution in [0.5, 0.6) is 0 Å². The average molecular weight is 197 g/mol. The van der Waals surface area contributed by atoms with Gasteiger partial charge in [-0.1, -0.05) is 46.1 Å². The van der Waals surface area contributed by atoms with Gasteiger partial charge in [0.1, 0.15) is 0 Å². The lowest BCUT2D eigenvalue weighted by molar-refractivity contribution is 0.304. The maximum absolute atomic E-state index is 3.72. The molecule has 84 valence electrons. The van der Waals surface area contributed by atoms with Gasteiger partial charge >= 0.3 is 0 Å². The van der Waals surface area contributed by atoms with E-state index in [0.717, 1.165) is 19.5 Å². The van der Waals surface area contributed by atoms with E-state index in [4.69, 9.17) is 0 Å². The Hall–Kier alpha value is -0.300. The maximum Gasteiger partial charge on any atom is 0.000264 e. The summed E-state index contributed by atoms with van der Waals surface area (Å²) in [5, 5.41) is 3.48. The van der Waals surface area contributed by atoms with Crippen molar-refractivity contribution in [3.8, 4) is 0 Å². The monoisotopic (exact) mass is 197 g/mol. The van der Waals surface area contributed by atoms with Crippen LogP contribution >= 0.6 is 0 Å². The van der Waals surface area contributed by atoms with Gasteiger partial charge in [-0.15, -0.1) is 6.58 Å². The zero-order valence-corrected chi connectivity index (χ0v) is 10.2. The molecule has 1 N–H and O–H groups in total. The minimum atomic E-state index is 0.455. The van der Waals surface area contributed by atoms with Crippen molar-refractivity contribution < 1.29 is 0 Å². The van der Waals surface area contributed by atoms with E-state index in [0.29, 0.717) is 5.41 Å². The van der Waals surface area contributed by atoms with Crippen molar-refractivity contribution in [1.29, 1.82) is 0 Å². The Labute approximate surface area is 90.0 Å². The second-order valence-electron chi connectivity index (χ2n) is 4.88. The summed E-state index contributed by atoms with van der Waals surface area (Å²) in [6, 6.07) is 0. The second-order valence-corrected chi connectivity index (χ2v) is 4.88. The lowest BCUT2D eigenvalue weighted by Gasteiger charge is -2.24. The molecule has 0 atom stereocenters. The molecule has 0 fully saturated rings. The number of nitrogens with one attached hydrogen (secondary N) is 1. The number of rotatable bonds is 9. The van der Waals surface area contributed by atoms with Gasteiger partial charge in [0.25, 0.3) is 0 Å². The summed E-state index contributed by atoms with van der Waals surface area (Å²) < 4.78 is 0. The minimum Gasteiger partial charge on any atom is -0.316 e. The summed E-state index contributed by atoms with van der Waals surface area (Å²) in [7, 11) is 0. The van der Waals surface area contributed by atoms with Gasteiger partial charge in [0, 0.05) is 6.54 Å². The third-order valence-electron chi connectivity index (χ3n) is 2.59. The molecule has 0 unspecified atom stereocenters. The van der Waals surface area contributed by atoms with E-state index >= 15 is 0 Å². The predicted octanol–water partition coefficient (Wildman–Crippen LogP) is 3.76. The fourth-order valence-electron chi connectivity index (χ4n) is 1.57. The van der Waals surface area contributed by atoms with E-state index in [2.05, 4.69) is 32.7 Å². The van der Waals surface area contributed by atoms with E-state index in [9.17, 15) is 0 Å². The molecule has 0 bridgehead atoms. The van der Waals surface area contributed by atoms with Crippen molar-refractivity contribution in [1.82, 2.24) is 5.32 Å². The molecule has 0 amide bonds. The van der Waals surface area contributed by atoms with E-state index in [-0.39, 0.29) is 0 Å². The molecule has 0 aromatic heterocycles. The third kappa shape index (κ3) is 8.31. The molecule has 0 aromatic rings. The van der Waals surface area contributed by atoms with Gasteiger partial charge in [0.15, 0.2) is 0 Å². The normalized spacial score (nSPS) is 11.6. The average Bonchev–Trinajstić information content (AvgIpc) is 2.13. The van der Waals surface area contributed by atoms with Crippen molar-refractivity contribution in [3.63, 3.8) is 0 Å². The highest BCUT2D eigenvalue weighted by atomic mass is 14.9. The van der Waals surface area contributed by atoms with Crippen molar-refractivity contribution in [2.24, 2.45) is 5.41 Å². The molecule has 0 aromatic carbocycles. The summed E-state index contributed by atoms with van der Waals surface area (Å²) in [6.07, 6.45) is 8.44. The topological polar surface area (TPSA) is 12.0 Å². The molecule has 0 aliphatic rings. The zero-order valence-electron chi connectivity index (χ0n) is 10.2. The fraction of sp³-hybridized carbons (Fsp3) is 0.846. The first kappa shape index (κ1) is 13.7. The first-order valence-electron chi connectivity index (χ1n) is 5.94. The van der Waals surface area contributed by atoms with Crippen LogP contribution in [0.4, 0.5) is 0 Å². The molecule has 0 radical (unpaired) electrons. The predicted molar refractivity (Wildman–Crippen MR) is 65.6 cm³/mol. The first-order valence-corrected chi connectivity index (χ1v) is 5.94. The van der Waals surface area contributed by atoms with Gasteiger partial charge in [-0.3, -0.25) is 0 Å². The van der Waals surface area contributed by atoms with E-state index < -0.39 is 0 Å². The number of hydrogen-bond donors (Lipinski definition) is 1. The van der Waals surface area contributed by atoms with Crippen molar-refractivity contribution in [2.45, 2.75) is 52.9 Å². The molecular weight excluding hydrogens is 170 g/mol. The molecule has 0 aliphatic heterocycles. The molecule has 0 heterocycles. The van der Waals surface area contributed by atoms with Crippen molar-refractivity contribution in [3.05, 3.63) is 12.7 Å². The smallest absolute Gasteiger partial charge is 0.000264 e. The summed E-state index contributed by atoms with van der Waals surface area (Å²) in [6.45, 7) is 12.9. The summed E-state index contributed by atoms with van der Waals surface area (Å²) in [5.74, 6) is 0. The Bertz CT molecular complexity index is 138. The van der Waals surface area contributed by atoms with Gasteiger partial charge in [0.2, 0.25) is 0 Å². The summed E-state index contributed by atoms with van der Waals surface area (Å²) >= 11 is 0. The molecule has 0 aliphatic carbocycles. The zero-order chi connectivity index (χ0) is 10.9. The molecule has 0 rings (SSSR count). The van der Waals surface area contributed by atoms with Gasteiger partial charge < -0.3 is 5.32 Å². The Balaban J connectivity index is 3.45. The van der Waals surface area contributed by atoms with Crippen LogP contribution in [0.2, 0.25) is 0 Å². The molecule has 0 saturated heterocycles. The maximum atomic E-state index is 3.72. The van der Waals surface area contributed by atoms with Crippen LogP contribution < -0.4 is 5.32 Å². The third-order valence-corrected chi connectivity index (χ3v) is 2.59. The Kier molecular flexibility index (Phi) is 7.87. The Morgan fingerprint density at radius 2 is 2.00 bits per heavy atom. The minimum absolute atomic E-state index is 0.455. The van der Waals surface area contributed by atoms with Gasteiger partial charge in [-0.2, -0.15) is 0 Å². The molecular formula is C13H27N. The number of hydrogen-bond acceptors (Lipinski definition) is 1. The van der Waals surface area contributed by atoms with Crippen LogP contribution in [0.25, 0.3) is 0 Å². The fourth-order valence-corrected chi connectivity index (χ4v) is 1.57. The van der Waals surface area contributed by atoms with E-state index in [1.165, 1.54) is 25.7 Å². The van der Waals surface area contributed by atoms with E-state index in [1.54, 1.807) is 0 Å². The van der Waals surface area contributed by atoms with Crippen LogP contribution in [0.1, 0.15) is 52.9 Å². The molecule has 0 spiro atoms. The van der Waals surface area contributed by atoms with Crippen LogP contribution in [-0.4, -0.2) is 13.1 Å².